The number of ether oxygens (including phenoxy) is 3. The van der Waals surface area contributed by atoms with Crippen molar-refractivity contribution >= 4 is 11.7 Å². The number of nitrogens with zero attached hydrogens (tertiary/aromatic N) is 3. The van der Waals surface area contributed by atoms with Crippen molar-refractivity contribution in [2.45, 2.75) is 13.0 Å². The Labute approximate surface area is 197 Å². The number of carbonyl (C=O) groups is 1. The summed E-state index contributed by atoms with van der Waals surface area (Å²) < 4.78 is 16.4. The molecule has 1 aliphatic heterocycles. The van der Waals surface area contributed by atoms with E-state index in [1.54, 1.807) is 31.3 Å². The van der Waals surface area contributed by atoms with Gasteiger partial charge in [0.25, 0.3) is 5.91 Å². The van der Waals surface area contributed by atoms with Gasteiger partial charge in [0.05, 0.1) is 14.2 Å². The molecule has 0 atom stereocenters. The van der Waals surface area contributed by atoms with Crippen molar-refractivity contribution in [2.75, 3.05) is 27.4 Å². The summed E-state index contributed by atoms with van der Waals surface area (Å²) in [6, 6.07) is 16.6. The number of benzene rings is 2. The molecule has 3 aromatic rings. The number of hydrogen-bond donors (Lipinski definition) is 1. The summed E-state index contributed by atoms with van der Waals surface area (Å²) in [6.07, 6.45) is 2.25. The Morgan fingerprint density at radius 1 is 1.06 bits per heavy atom. The summed E-state index contributed by atoms with van der Waals surface area (Å²) in [6.45, 7) is 0.826. The Morgan fingerprint density at radius 3 is 2.47 bits per heavy atom. The fourth-order valence-electron chi connectivity index (χ4n) is 3.60. The lowest BCUT2D eigenvalue weighted by Crippen LogP contribution is -2.38. The standard InChI is InChI=1S/C25H26N4O5/c1-31-21-12-17-10-11-29(15-19(17)13-22(21)32-2)24(30)16-33-28-25(26)18-8-9-23(27-14-18)34-20-6-4-3-5-7-20/h3-9,12-14H,10-11,15-16H2,1-2H3,(H2,26,28). The SMILES string of the molecule is COc1cc2c(cc1OC)CN(C(=O)CO/N=C(/N)c1ccc(Oc3ccccc3)nc1)CC2. The maximum absolute atomic E-state index is 12.6. The Hall–Kier alpha value is -4.27. The predicted molar refractivity (Wildman–Crippen MR) is 126 cm³/mol. The Bertz CT molecular complexity index is 1170. The largest absolute Gasteiger partial charge is 0.493 e. The third kappa shape index (κ3) is 5.37. The van der Waals surface area contributed by atoms with Gasteiger partial charge < -0.3 is 29.7 Å². The normalized spacial score (nSPS) is 13.1. The molecule has 4 rings (SSSR count). The monoisotopic (exact) mass is 462 g/mol. The van der Waals surface area contributed by atoms with Gasteiger partial charge in [0, 0.05) is 30.9 Å². The quantitative estimate of drug-likeness (QED) is 0.311. The zero-order chi connectivity index (χ0) is 23.9. The summed E-state index contributed by atoms with van der Waals surface area (Å²) in [4.78, 5) is 23.8. The van der Waals surface area contributed by atoms with E-state index in [4.69, 9.17) is 24.8 Å². The van der Waals surface area contributed by atoms with Crippen LogP contribution in [0.3, 0.4) is 0 Å². The lowest BCUT2D eigenvalue weighted by molar-refractivity contribution is -0.137. The topological polar surface area (TPSA) is 108 Å². The van der Waals surface area contributed by atoms with E-state index in [0.29, 0.717) is 41.8 Å². The second-order valence-electron chi connectivity index (χ2n) is 7.59. The summed E-state index contributed by atoms with van der Waals surface area (Å²) in [5.41, 5.74) is 8.69. The van der Waals surface area contributed by atoms with Crippen LogP contribution in [0.2, 0.25) is 0 Å². The number of para-hydroxylation sites is 1. The van der Waals surface area contributed by atoms with Crippen LogP contribution < -0.4 is 19.9 Å². The molecule has 0 saturated carbocycles. The number of fused-ring (bicyclic) bond motifs is 1. The second-order valence-corrected chi connectivity index (χ2v) is 7.59. The predicted octanol–water partition coefficient (Wildman–Crippen LogP) is 3.11. The molecule has 0 unspecified atom stereocenters. The molecule has 2 N–H and O–H groups in total. The second kappa shape index (κ2) is 10.6. The molecule has 0 radical (unpaired) electrons. The van der Waals surface area contributed by atoms with Crippen molar-refractivity contribution in [1.82, 2.24) is 9.88 Å². The van der Waals surface area contributed by atoms with Crippen LogP contribution in [-0.2, 0) is 22.6 Å². The number of pyridine rings is 1. The van der Waals surface area contributed by atoms with E-state index in [2.05, 4.69) is 10.1 Å². The van der Waals surface area contributed by atoms with Crippen LogP contribution in [0.25, 0.3) is 0 Å². The van der Waals surface area contributed by atoms with Crippen LogP contribution in [0.4, 0.5) is 0 Å². The van der Waals surface area contributed by atoms with Crippen LogP contribution in [0, 0.1) is 0 Å². The highest BCUT2D eigenvalue weighted by Gasteiger charge is 2.23. The van der Waals surface area contributed by atoms with Crippen LogP contribution in [-0.4, -0.2) is 49.0 Å². The minimum atomic E-state index is -0.216. The van der Waals surface area contributed by atoms with Gasteiger partial charge in [0.2, 0.25) is 5.88 Å². The highest BCUT2D eigenvalue weighted by Crippen LogP contribution is 2.33. The smallest absolute Gasteiger partial charge is 0.263 e. The van der Waals surface area contributed by atoms with Gasteiger partial charge in [-0.05, 0) is 47.9 Å². The van der Waals surface area contributed by atoms with Crippen molar-refractivity contribution in [2.24, 2.45) is 10.9 Å². The zero-order valence-corrected chi connectivity index (χ0v) is 19.1. The summed E-state index contributed by atoms with van der Waals surface area (Å²) in [5.74, 6) is 2.37. The third-order valence-electron chi connectivity index (χ3n) is 5.42. The van der Waals surface area contributed by atoms with E-state index in [-0.39, 0.29) is 18.3 Å². The molecule has 1 amide bonds. The third-order valence-corrected chi connectivity index (χ3v) is 5.42. The van der Waals surface area contributed by atoms with Gasteiger partial charge in [0.15, 0.2) is 23.9 Å². The Balaban J connectivity index is 1.31. The first-order chi connectivity index (χ1) is 16.6. The van der Waals surface area contributed by atoms with Crippen LogP contribution in [0.5, 0.6) is 23.1 Å². The van der Waals surface area contributed by atoms with Crippen molar-refractivity contribution in [3.05, 3.63) is 77.5 Å². The van der Waals surface area contributed by atoms with Crippen LogP contribution in [0.15, 0.2) is 65.9 Å². The van der Waals surface area contributed by atoms with Crippen molar-refractivity contribution in [3.63, 3.8) is 0 Å². The van der Waals surface area contributed by atoms with Crippen molar-refractivity contribution in [1.29, 1.82) is 0 Å². The molecule has 0 spiro atoms. The Kier molecular flexibility index (Phi) is 7.12. The number of oxime groups is 1. The number of carbonyl (C=O) groups excluding carboxylic acids is 1. The van der Waals surface area contributed by atoms with Crippen molar-refractivity contribution < 1.29 is 23.8 Å². The number of amidine groups is 1. The summed E-state index contributed by atoms with van der Waals surface area (Å²) in [5, 5.41) is 3.87. The maximum atomic E-state index is 12.6. The summed E-state index contributed by atoms with van der Waals surface area (Å²) in [7, 11) is 3.20. The van der Waals surface area contributed by atoms with E-state index in [0.717, 1.165) is 17.5 Å². The highest BCUT2D eigenvalue weighted by molar-refractivity contribution is 5.96. The molecule has 0 bridgehead atoms. The summed E-state index contributed by atoms with van der Waals surface area (Å²) >= 11 is 0. The number of amides is 1. The fourth-order valence-corrected chi connectivity index (χ4v) is 3.60. The van der Waals surface area contributed by atoms with E-state index < -0.39 is 0 Å². The first kappa shape index (κ1) is 22.9. The molecule has 1 aromatic heterocycles. The molecule has 1 aliphatic rings. The number of aromatic nitrogens is 1. The van der Waals surface area contributed by atoms with Crippen molar-refractivity contribution in [3.8, 4) is 23.1 Å². The number of nitrogens with two attached hydrogens (primary N) is 1. The van der Waals surface area contributed by atoms with Crippen LogP contribution in [0.1, 0.15) is 16.7 Å². The first-order valence-corrected chi connectivity index (χ1v) is 10.7. The average molecular weight is 463 g/mol. The molecule has 2 aromatic carbocycles. The molecule has 0 fully saturated rings. The maximum Gasteiger partial charge on any atom is 0.263 e. The lowest BCUT2D eigenvalue weighted by atomic mass is 9.99. The average Bonchev–Trinajstić information content (AvgIpc) is 2.88. The minimum Gasteiger partial charge on any atom is -0.493 e. The number of rotatable bonds is 8. The van der Waals surface area contributed by atoms with Gasteiger partial charge >= 0.3 is 0 Å². The molecular formula is C25H26N4O5. The lowest BCUT2D eigenvalue weighted by Gasteiger charge is -2.29. The van der Waals surface area contributed by atoms with Gasteiger partial charge in [0.1, 0.15) is 5.75 Å². The molecule has 9 nitrogen and oxygen atoms in total. The molecule has 176 valence electrons. The Morgan fingerprint density at radius 2 is 1.79 bits per heavy atom. The van der Waals surface area contributed by atoms with E-state index in [9.17, 15) is 4.79 Å². The van der Waals surface area contributed by atoms with Gasteiger partial charge in [-0.25, -0.2) is 4.98 Å². The molecule has 0 saturated heterocycles. The fraction of sp³-hybridized carbons (Fsp3) is 0.240. The molecular weight excluding hydrogens is 436 g/mol. The van der Waals surface area contributed by atoms with E-state index in [1.165, 1.54) is 6.20 Å². The van der Waals surface area contributed by atoms with E-state index >= 15 is 0 Å². The zero-order valence-electron chi connectivity index (χ0n) is 19.1. The van der Waals surface area contributed by atoms with Gasteiger partial charge in [-0.15, -0.1) is 0 Å². The molecule has 9 heteroatoms. The van der Waals surface area contributed by atoms with Gasteiger partial charge in [-0.1, -0.05) is 23.4 Å². The number of hydrogen-bond acceptors (Lipinski definition) is 7. The molecule has 2 heterocycles. The number of methoxy groups -OCH3 is 2. The molecule has 34 heavy (non-hydrogen) atoms. The van der Waals surface area contributed by atoms with Crippen LogP contribution >= 0.6 is 0 Å². The first-order valence-electron chi connectivity index (χ1n) is 10.7. The van der Waals surface area contributed by atoms with Gasteiger partial charge in [-0.3, -0.25) is 4.79 Å². The van der Waals surface area contributed by atoms with E-state index in [1.807, 2.05) is 42.5 Å². The molecule has 0 aliphatic carbocycles. The minimum absolute atomic E-state index is 0.118. The van der Waals surface area contributed by atoms with Gasteiger partial charge in [-0.2, -0.15) is 0 Å². The highest BCUT2D eigenvalue weighted by atomic mass is 16.6.